The van der Waals surface area contributed by atoms with E-state index >= 15 is 0 Å². The number of rotatable bonds is 5. The van der Waals surface area contributed by atoms with Gasteiger partial charge in [-0.05, 0) is 38.5 Å². The molecule has 7 nitrogen and oxygen atoms in total. The first-order valence-electron chi connectivity index (χ1n) is 9.11. The SMILES string of the molecule is COC1CN(C(=O)c2cc(C)ccc2C)CC1Oc1cccc([N+](=O)[O-])c1C. The summed E-state index contributed by atoms with van der Waals surface area (Å²) in [5.41, 5.74) is 3.08. The number of hydrogen-bond acceptors (Lipinski definition) is 5. The van der Waals surface area contributed by atoms with Crippen molar-refractivity contribution in [3.63, 3.8) is 0 Å². The number of nitrogens with zero attached hydrogens (tertiary/aromatic N) is 2. The second-order valence-electron chi connectivity index (χ2n) is 7.12. The van der Waals surface area contributed by atoms with Crippen LogP contribution in [0, 0.1) is 30.9 Å². The number of amides is 1. The molecular weight excluding hydrogens is 360 g/mol. The van der Waals surface area contributed by atoms with Crippen molar-refractivity contribution < 1.29 is 19.2 Å². The number of nitro groups is 1. The van der Waals surface area contributed by atoms with Crippen LogP contribution < -0.4 is 4.74 Å². The number of likely N-dealkylation sites (tertiary alicyclic amines) is 1. The van der Waals surface area contributed by atoms with E-state index in [4.69, 9.17) is 9.47 Å². The average Bonchev–Trinajstić information content (AvgIpc) is 3.07. The number of carbonyl (C=O) groups is 1. The number of aryl methyl sites for hydroxylation is 2. The summed E-state index contributed by atoms with van der Waals surface area (Å²) in [4.78, 5) is 25.5. The van der Waals surface area contributed by atoms with Crippen molar-refractivity contribution in [2.24, 2.45) is 0 Å². The number of methoxy groups -OCH3 is 1. The van der Waals surface area contributed by atoms with Crippen LogP contribution in [0.1, 0.15) is 27.0 Å². The summed E-state index contributed by atoms with van der Waals surface area (Å²) in [6.45, 7) is 6.28. The third-order valence-electron chi connectivity index (χ3n) is 5.16. The van der Waals surface area contributed by atoms with Crippen molar-refractivity contribution in [3.05, 3.63) is 68.8 Å². The van der Waals surface area contributed by atoms with Gasteiger partial charge < -0.3 is 14.4 Å². The van der Waals surface area contributed by atoms with Crippen molar-refractivity contribution in [3.8, 4) is 5.75 Å². The summed E-state index contributed by atoms with van der Waals surface area (Å²) >= 11 is 0. The van der Waals surface area contributed by atoms with E-state index < -0.39 is 11.0 Å². The van der Waals surface area contributed by atoms with Crippen molar-refractivity contribution in [1.29, 1.82) is 0 Å². The Bertz CT molecular complexity index is 912. The fraction of sp³-hybridized carbons (Fsp3) is 0.381. The number of carbonyl (C=O) groups excluding carboxylic acids is 1. The van der Waals surface area contributed by atoms with E-state index in [1.165, 1.54) is 6.07 Å². The van der Waals surface area contributed by atoms with Gasteiger partial charge >= 0.3 is 0 Å². The first-order chi connectivity index (χ1) is 13.3. The van der Waals surface area contributed by atoms with Gasteiger partial charge in [0.25, 0.3) is 11.6 Å². The van der Waals surface area contributed by atoms with Gasteiger partial charge in [-0.25, -0.2) is 0 Å². The molecule has 28 heavy (non-hydrogen) atoms. The highest BCUT2D eigenvalue weighted by Gasteiger charge is 2.38. The zero-order valence-electron chi connectivity index (χ0n) is 16.5. The van der Waals surface area contributed by atoms with Gasteiger partial charge in [0.15, 0.2) is 0 Å². The summed E-state index contributed by atoms with van der Waals surface area (Å²) in [6.07, 6.45) is -0.715. The van der Waals surface area contributed by atoms with E-state index in [1.807, 2.05) is 32.0 Å². The minimum absolute atomic E-state index is 0.00721. The van der Waals surface area contributed by atoms with Gasteiger partial charge in [-0.1, -0.05) is 23.8 Å². The molecule has 1 saturated heterocycles. The molecule has 0 N–H and O–H groups in total. The van der Waals surface area contributed by atoms with Gasteiger partial charge in [0.05, 0.1) is 23.6 Å². The summed E-state index contributed by atoms with van der Waals surface area (Å²) in [5.74, 6) is 0.368. The predicted molar refractivity (Wildman–Crippen MR) is 105 cm³/mol. The molecule has 2 aromatic carbocycles. The molecule has 2 atom stereocenters. The molecule has 1 amide bonds. The van der Waals surface area contributed by atoms with Crippen LogP contribution in [0.5, 0.6) is 5.75 Å². The van der Waals surface area contributed by atoms with Crippen LogP contribution in [0.3, 0.4) is 0 Å². The number of ether oxygens (including phenoxy) is 2. The number of hydrogen-bond donors (Lipinski definition) is 0. The minimum atomic E-state index is -0.430. The maximum Gasteiger partial charge on any atom is 0.276 e. The molecule has 1 aliphatic rings. The zero-order valence-corrected chi connectivity index (χ0v) is 16.5. The molecule has 1 heterocycles. The van der Waals surface area contributed by atoms with E-state index in [-0.39, 0.29) is 17.7 Å². The molecule has 0 aromatic heterocycles. The van der Waals surface area contributed by atoms with Gasteiger partial charge in [-0.2, -0.15) is 0 Å². The fourth-order valence-corrected chi connectivity index (χ4v) is 3.48. The Morgan fingerprint density at radius 3 is 2.54 bits per heavy atom. The Labute approximate surface area is 164 Å². The maximum absolute atomic E-state index is 13.0. The summed E-state index contributed by atoms with van der Waals surface area (Å²) in [5, 5.41) is 11.2. The highest BCUT2D eigenvalue weighted by atomic mass is 16.6. The lowest BCUT2D eigenvalue weighted by molar-refractivity contribution is -0.385. The number of benzene rings is 2. The van der Waals surface area contributed by atoms with E-state index in [0.29, 0.717) is 30.0 Å². The van der Waals surface area contributed by atoms with E-state index in [1.54, 1.807) is 31.1 Å². The predicted octanol–water partition coefficient (Wildman–Crippen LogP) is 3.44. The lowest BCUT2D eigenvalue weighted by Gasteiger charge is -2.20. The third-order valence-corrected chi connectivity index (χ3v) is 5.16. The Kier molecular flexibility index (Phi) is 5.65. The van der Waals surface area contributed by atoms with Crippen molar-refractivity contribution >= 4 is 11.6 Å². The smallest absolute Gasteiger partial charge is 0.276 e. The Hall–Kier alpha value is -2.93. The number of nitro benzene ring substituents is 1. The first kappa shape index (κ1) is 19.8. The minimum Gasteiger partial charge on any atom is -0.485 e. The van der Waals surface area contributed by atoms with Crippen LogP contribution >= 0.6 is 0 Å². The third kappa shape index (κ3) is 3.84. The molecule has 0 saturated carbocycles. The molecule has 0 aliphatic carbocycles. The molecule has 1 fully saturated rings. The van der Waals surface area contributed by atoms with Gasteiger partial charge in [-0.15, -0.1) is 0 Å². The largest absolute Gasteiger partial charge is 0.485 e. The monoisotopic (exact) mass is 384 g/mol. The van der Waals surface area contributed by atoms with Gasteiger partial charge in [-0.3, -0.25) is 14.9 Å². The lowest BCUT2D eigenvalue weighted by Crippen LogP contribution is -2.32. The Morgan fingerprint density at radius 1 is 1.14 bits per heavy atom. The van der Waals surface area contributed by atoms with Crippen LogP contribution in [0.2, 0.25) is 0 Å². The van der Waals surface area contributed by atoms with Crippen molar-refractivity contribution in [1.82, 2.24) is 4.90 Å². The molecule has 1 aliphatic heterocycles. The van der Waals surface area contributed by atoms with Crippen molar-refractivity contribution in [2.75, 3.05) is 20.2 Å². The Balaban J connectivity index is 1.81. The van der Waals surface area contributed by atoms with E-state index in [9.17, 15) is 14.9 Å². The second kappa shape index (κ2) is 7.98. The van der Waals surface area contributed by atoms with E-state index in [2.05, 4.69) is 0 Å². The van der Waals surface area contributed by atoms with Crippen LogP contribution in [0.15, 0.2) is 36.4 Å². The molecule has 0 radical (unpaired) electrons. The molecule has 2 unspecified atom stereocenters. The fourth-order valence-electron chi connectivity index (χ4n) is 3.48. The Morgan fingerprint density at radius 2 is 1.86 bits per heavy atom. The van der Waals surface area contributed by atoms with Crippen LogP contribution in [0.4, 0.5) is 5.69 Å². The van der Waals surface area contributed by atoms with E-state index in [0.717, 1.165) is 11.1 Å². The standard InChI is InChI=1S/C21H24N2O5/c1-13-8-9-14(2)16(10-13)21(24)22-11-19(27-4)20(12-22)28-18-7-5-6-17(15(18)3)23(25)26/h5-10,19-20H,11-12H2,1-4H3. The molecule has 3 rings (SSSR count). The molecule has 2 aromatic rings. The molecule has 148 valence electrons. The summed E-state index contributed by atoms with van der Waals surface area (Å²) in [6, 6.07) is 10.5. The summed E-state index contributed by atoms with van der Waals surface area (Å²) in [7, 11) is 1.58. The zero-order chi connectivity index (χ0) is 20.4. The van der Waals surface area contributed by atoms with Gasteiger partial charge in [0, 0.05) is 18.7 Å². The molecule has 0 spiro atoms. The first-order valence-corrected chi connectivity index (χ1v) is 9.11. The summed E-state index contributed by atoms with van der Waals surface area (Å²) < 4.78 is 11.6. The van der Waals surface area contributed by atoms with Gasteiger partial charge in [0.2, 0.25) is 0 Å². The van der Waals surface area contributed by atoms with Crippen LogP contribution in [-0.2, 0) is 4.74 Å². The maximum atomic E-state index is 13.0. The quantitative estimate of drug-likeness (QED) is 0.583. The molecule has 7 heteroatoms. The normalized spacial score (nSPS) is 18.9. The molecular formula is C21H24N2O5. The highest BCUT2D eigenvalue weighted by molar-refractivity contribution is 5.96. The second-order valence-corrected chi connectivity index (χ2v) is 7.12. The highest BCUT2D eigenvalue weighted by Crippen LogP contribution is 2.30. The topological polar surface area (TPSA) is 81.9 Å². The van der Waals surface area contributed by atoms with Crippen LogP contribution in [0.25, 0.3) is 0 Å². The molecule has 0 bridgehead atoms. The lowest BCUT2D eigenvalue weighted by atomic mass is 10.0. The van der Waals surface area contributed by atoms with Crippen LogP contribution in [-0.4, -0.2) is 48.1 Å². The average molecular weight is 384 g/mol. The van der Waals surface area contributed by atoms with Gasteiger partial charge in [0.1, 0.15) is 18.0 Å². The van der Waals surface area contributed by atoms with Crippen molar-refractivity contribution in [2.45, 2.75) is 33.0 Å².